The van der Waals surface area contributed by atoms with Crippen LogP contribution in [-0.2, 0) is 6.42 Å². The first-order valence-corrected chi connectivity index (χ1v) is 8.11. The number of methoxy groups -OCH3 is 1. The van der Waals surface area contributed by atoms with E-state index in [1.54, 1.807) is 7.11 Å². The highest BCUT2D eigenvalue weighted by Crippen LogP contribution is 2.33. The SMILES string of the molecule is CC.CCCCC(C)(CC)Cc1cnc(OC)c(Cl)c1. The molecule has 0 saturated heterocycles. The van der Waals surface area contributed by atoms with E-state index in [4.69, 9.17) is 16.3 Å². The predicted molar refractivity (Wildman–Crippen MR) is 88.8 cm³/mol. The van der Waals surface area contributed by atoms with E-state index in [1.165, 1.54) is 31.2 Å². The highest BCUT2D eigenvalue weighted by Gasteiger charge is 2.22. The minimum Gasteiger partial charge on any atom is -0.480 e. The van der Waals surface area contributed by atoms with E-state index in [-0.39, 0.29) is 0 Å². The van der Waals surface area contributed by atoms with Gasteiger partial charge >= 0.3 is 0 Å². The first-order valence-electron chi connectivity index (χ1n) is 7.73. The van der Waals surface area contributed by atoms with Crippen molar-refractivity contribution in [2.45, 2.75) is 66.7 Å². The summed E-state index contributed by atoms with van der Waals surface area (Å²) in [5.41, 5.74) is 1.54. The van der Waals surface area contributed by atoms with Crippen molar-refractivity contribution in [3.05, 3.63) is 22.8 Å². The smallest absolute Gasteiger partial charge is 0.232 e. The highest BCUT2D eigenvalue weighted by atomic mass is 35.5. The second-order valence-corrected chi connectivity index (χ2v) is 5.69. The maximum atomic E-state index is 6.12. The monoisotopic (exact) mass is 299 g/mol. The van der Waals surface area contributed by atoms with E-state index in [2.05, 4.69) is 25.8 Å². The molecule has 0 spiro atoms. The zero-order valence-electron chi connectivity index (χ0n) is 13.9. The molecule has 0 N–H and O–H groups in total. The summed E-state index contributed by atoms with van der Waals surface area (Å²) in [7, 11) is 1.59. The first-order chi connectivity index (χ1) is 9.54. The van der Waals surface area contributed by atoms with Gasteiger partial charge in [0.1, 0.15) is 5.02 Å². The molecule has 0 aliphatic heterocycles. The van der Waals surface area contributed by atoms with Crippen molar-refractivity contribution in [2.24, 2.45) is 5.41 Å². The molecule has 0 fully saturated rings. The van der Waals surface area contributed by atoms with Gasteiger partial charge in [0.2, 0.25) is 5.88 Å². The molecule has 0 bridgehead atoms. The van der Waals surface area contributed by atoms with E-state index < -0.39 is 0 Å². The van der Waals surface area contributed by atoms with Crippen molar-refractivity contribution < 1.29 is 4.74 Å². The maximum Gasteiger partial charge on any atom is 0.232 e. The molecular formula is C17H30ClNO. The average Bonchev–Trinajstić information content (AvgIpc) is 2.47. The molecule has 0 aromatic carbocycles. The van der Waals surface area contributed by atoms with Gasteiger partial charge in [-0.25, -0.2) is 4.98 Å². The quantitative estimate of drug-likeness (QED) is 0.623. The van der Waals surface area contributed by atoms with Crippen molar-refractivity contribution in [1.82, 2.24) is 4.98 Å². The molecule has 1 aromatic heterocycles. The molecule has 1 rings (SSSR count). The zero-order valence-corrected chi connectivity index (χ0v) is 14.7. The Balaban J connectivity index is 0.00000172. The van der Waals surface area contributed by atoms with Crippen LogP contribution in [0, 0.1) is 5.41 Å². The summed E-state index contributed by atoms with van der Waals surface area (Å²) in [6.07, 6.45) is 7.87. The van der Waals surface area contributed by atoms with Crippen molar-refractivity contribution in [1.29, 1.82) is 0 Å². The number of nitrogens with zero attached hydrogens (tertiary/aromatic N) is 1. The summed E-state index contributed by atoms with van der Waals surface area (Å²) < 4.78 is 5.08. The number of pyridine rings is 1. The lowest BCUT2D eigenvalue weighted by molar-refractivity contribution is 0.273. The summed E-state index contributed by atoms with van der Waals surface area (Å²) in [4.78, 5) is 4.24. The third kappa shape index (κ3) is 6.13. The summed E-state index contributed by atoms with van der Waals surface area (Å²) in [6.45, 7) is 10.8. The Morgan fingerprint density at radius 1 is 1.30 bits per heavy atom. The Labute approximate surface area is 129 Å². The molecule has 1 heterocycles. The minimum absolute atomic E-state index is 0.343. The second-order valence-electron chi connectivity index (χ2n) is 5.28. The zero-order chi connectivity index (χ0) is 15.6. The van der Waals surface area contributed by atoms with Gasteiger partial charge in [0, 0.05) is 6.20 Å². The lowest BCUT2D eigenvalue weighted by atomic mass is 9.77. The van der Waals surface area contributed by atoms with E-state index in [9.17, 15) is 0 Å². The van der Waals surface area contributed by atoms with Crippen LogP contribution in [0.25, 0.3) is 0 Å². The van der Waals surface area contributed by atoms with Crippen molar-refractivity contribution in [2.75, 3.05) is 7.11 Å². The van der Waals surface area contributed by atoms with Crippen molar-refractivity contribution in [3.63, 3.8) is 0 Å². The van der Waals surface area contributed by atoms with Gasteiger partial charge < -0.3 is 4.74 Å². The molecule has 0 radical (unpaired) electrons. The first kappa shape index (κ1) is 19.2. The van der Waals surface area contributed by atoms with Gasteiger partial charge in [-0.15, -0.1) is 0 Å². The second kappa shape index (κ2) is 10.0. The lowest BCUT2D eigenvalue weighted by Crippen LogP contribution is -2.18. The van der Waals surface area contributed by atoms with Crippen LogP contribution in [0.1, 0.15) is 65.9 Å². The van der Waals surface area contributed by atoms with Gasteiger partial charge in [0.05, 0.1) is 7.11 Å². The number of ether oxygens (including phenoxy) is 1. The van der Waals surface area contributed by atoms with Gasteiger partial charge in [-0.05, 0) is 29.9 Å². The van der Waals surface area contributed by atoms with E-state index in [0.717, 1.165) is 6.42 Å². The summed E-state index contributed by atoms with van der Waals surface area (Å²) >= 11 is 6.12. The fraction of sp³-hybridized carbons (Fsp3) is 0.706. The predicted octanol–water partition coefficient (Wildman–Crippen LogP) is 5.92. The highest BCUT2D eigenvalue weighted by molar-refractivity contribution is 6.31. The minimum atomic E-state index is 0.343. The molecule has 0 saturated carbocycles. The largest absolute Gasteiger partial charge is 0.480 e. The normalized spacial score (nSPS) is 13.2. The fourth-order valence-corrected chi connectivity index (χ4v) is 2.46. The van der Waals surface area contributed by atoms with Gasteiger partial charge in [0.15, 0.2) is 0 Å². The van der Waals surface area contributed by atoms with Crippen LogP contribution >= 0.6 is 11.6 Å². The molecule has 0 amide bonds. The van der Waals surface area contributed by atoms with Crippen molar-refractivity contribution in [3.8, 4) is 5.88 Å². The third-order valence-electron chi connectivity index (χ3n) is 3.68. The molecule has 2 nitrogen and oxygen atoms in total. The molecule has 0 aliphatic carbocycles. The Hall–Kier alpha value is -0.760. The average molecular weight is 300 g/mol. The number of hydrogen-bond donors (Lipinski definition) is 0. The summed E-state index contributed by atoms with van der Waals surface area (Å²) in [6, 6.07) is 1.98. The maximum absolute atomic E-state index is 6.12. The third-order valence-corrected chi connectivity index (χ3v) is 3.95. The summed E-state index contributed by atoms with van der Waals surface area (Å²) in [5, 5.41) is 0.601. The van der Waals surface area contributed by atoms with Gasteiger partial charge in [-0.2, -0.15) is 0 Å². The van der Waals surface area contributed by atoms with Crippen LogP contribution in [-0.4, -0.2) is 12.1 Å². The Kier molecular flexibility index (Phi) is 9.66. The molecule has 1 unspecified atom stereocenters. The summed E-state index contributed by atoms with van der Waals surface area (Å²) in [5.74, 6) is 0.507. The Morgan fingerprint density at radius 3 is 2.40 bits per heavy atom. The number of unbranched alkanes of at least 4 members (excludes halogenated alkanes) is 1. The molecular weight excluding hydrogens is 270 g/mol. The van der Waals surface area contributed by atoms with Crippen LogP contribution in [0.3, 0.4) is 0 Å². The topological polar surface area (TPSA) is 22.1 Å². The fourth-order valence-electron chi connectivity index (χ4n) is 2.20. The number of halogens is 1. The lowest BCUT2D eigenvalue weighted by Gasteiger charge is -2.28. The molecule has 20 heavy (non-hydrogen) atoms. The van der Waals surface area contributed by atoms with E-state index in [1.807, 2.05) is 26.1 Å². The number of aromatic nitrogens is 1. The van der Waals surface area contributed by atoms with Gasteiger partial charge in [-0.1, -0.05) is 65.5 Å². The van der Waals surface area contributed by atoms with E-state index >= 15 is 0 Å². The number of rotatable bonds is 7. The van der Waals surface area contributed by atoms with Gasteiger partial charge in [0.25, 0.3) is 0 Å². The molecule has 1 aromatic rings. The molecule has 116 valence electrons. The molecule has 3 heteroatoms. The Bertz CT molecular complexity index is 381. The Morgan fingerprint density at radius 2 is 1.95 bits per heavy atom. The molecule has 0 aliphatic rings. The molecule has 1 atom stereocenters. The van der Waals surface area contributed by atoms with Crippen molar-refractivity contribution >= 4 is 11.6 Å². The van der Waals surface area contributed by atoms with Crippen LogP contribution < -0.4 is 4.74 Å². The van der Waals surface area contributed by atoms with Crippen LogP contribution in [0.2, 0.25) is 5.02 Å². The standard InChI is InChI=1S/C15H24ClNO.C2H6/c1-5-7-8-15(3,6-2)10-12-9-13(16)14(18-4)17-11-12;1-2/h9,11H,5-8,10H2,1-4H3;1-2H3. The van der Waals surface area contributed by atoms with Gasteiger partial charge in [-0.3, -0.25) is 0 Å². The van der Waals surface area contributed by atoms with Crippen LogP contribution in [0.5, 0.6) is 5.88 Å². The van der Waals surface area contributed by atoms with E-state index in [0.29, 0.717) is 16.3 Å². The van der Waals surface area contributed by atoms with Crippen LogP contribution in [0.15, 0.2) is 12.3 Å². The van der Waals surface area contributed by atoms with Crippen LogP contribution in [0.4, 0.5) is 0 Å². The number of hydrogen-bond acceptors (Lipinski definition) is 2.